The highest BCUT2D eigenvalue weighted by Crippen LogP contribution is 2.33. The van der Waals surface area contributed by atoms with E-state index in [1.165, 1.54) is 0 Å². The van der Waals surface area contributed by atoms with Crippen molar-refractivity contribution in [1.82, 2.24) is 0 Å². The van der Waals surface area contributed by atoms with Crippen LogP contribution in [0.15, 0.2) is 23.1 Å². The van der Waals surface area contributed by atoms with Crippen LogP contribution in [0, 0.1) is 0 Å². The molecule has 1 aliphatic rings. The third kappa shape index (κ3) is 2.49. The molecule has 18 heavy (non-hydrogen) atoms. The van der Waals surface area contributed by atoms with E-state index in [-0.39, 0.29) is 18.6 Å². The average molecular weight is 267 g/mol. The fourth-order valence-corrected chi connectivity index (χ4v) is 3.21. The first kappa shape index (κ1) is 12.9. The lowest BCUT2D eigenvalue weighted by molar-refractivity contribution is -0.136. The summed E-state index contributed by atoms with van der Waals surface area (Å²) < 4.78 is 11.8. The number of anilines is 1. The third-order valence-corrected chi connectivity index (χ3v) is 4.25. The molecule has 0 saturated carbocycles. The Balaban J connectivity index is 2.19. The Labute approximate surface area is 108 Å². The number of carboxylic acids is 1. The van der Waals surface area contributed by atoms with E-state index in [1.54, 1.807) is 18.2 Å². The monoisotopic (exact) mass is 267 g/mol. The van der Waals surface area contributed by atoms with Crippen LogP contribution in [-0.4, -0.2) is 34.3 Å². The topological polar surface area (TPSA) is 80.7 Å². The first-order valence-electron chi connectivity index (χ1n) is 5.47. The second-order valence-electron chi connectivity index (χ2n) is 4.17. The molecular formula is C12H13NO4S. The first-order chi connectivity index (χ1) is 8.49. The van der Waals surface area contributed by atoms with Crippen molar-refractivity contribution in [2.75, 3.05) is 17.8 Å². The molecule has 1 unspecified atom stereocenters. The Kier molecular flexibility index (Phi) is 3.58. The quantitative estimate of drug-likeness (QED) is 0.656. The van der Waals surface area contributed by atoms with Crippen molar-refractivity contribution in [3.05, 3.63) is 23.8 Å². The Morgan fingerprint density at radius 2 is 2.17 bits per heavy atom. The highest BCUT2D eigenvalue weighted by Gasteiger charge is 2.29. The summed E-state index contributed by atoms with van der Waals surface area (Å²) in [5.41, 5.74) is 1.29. The molecule has 6 heteroatoms. The molecular weight excluding hydrogens is 254 g/mol. The van der Waals surface area contributed by atoms with Crippen LogP contribution in [-0.2, 0) is 16.0 Å². The fourth-order valence-electron chi connectivity index (χ4n) is 1.87. The number of carbonyl (C=O) groups excluding carboxylic acids is 1. The van der Waals surface area contributed by atoms with E-state index < -0.39 is 17.1 Å². The van der Waals surface area contributed by atoms with E-state index >= 15 is 0 Å². The van der Waals surface area contributed by atoms with Crippen molar-refractivity contribution in [3.63, 3.8) is 0 Å². The molecule has 0 bridgehead atoms. The predicted octanol–water partition coefficient (Wildman–Crippen LogP) is 1.25. The standard InChI is InChI=1S/C12H13NO4S/c1-13-7-18(17)11-6-8(2-3-9(11)13)10(14)4-5-12(15)16/h2-3,6H,4-5,7H2,1H3,(H,15,16). The van der Waals surface area contributed by atoms with E-state index in [0.717, 1.165) is 5.69 Å². The fraction of sp³-hybridized carbons (Fsp3) is 0.333. The zero-order valence-electron chi connectivity index (χ0n) is 9.88. The molecule has 5 nitrogen and oxygen atoms in total. The maximum atomic E-state index is 11.8. The lowest BCUT2D eigenvalue weighted by atomic mass is 10.1. The summed E-state index contributed by atoms with van der Waals surface area (Å²) in [5.74, 6) is -0.790. The van der Waals surface area contributed by atoms with Gasteiger partial charge in [0.15, 0.2) is 16.6 Å². The molecule has 0 amide bonds. The molecule has 1 aromatic rings. The second kappa shape index (κ2) is 4.99. The summed E-state index contributed by atoms with van der Waals surface area (Å²) in [7, 11) is 1.84. The molecule has 0 spiro atoms. The number of Topliss-reactive ketones (excluding diaryl/α,β-unsaturated/α-hetero) is 1. The van der Waals surface area contributed by atoms with E-state index in [2.05, 4.69) is 0 Å². The van der Waals surface area contributed by atoms with Crippen LogP contribution in [0.4, 0.5) is 5.69 Å². The van der Waals surface area contributed by atoms with Gasteiger partial charge in [-0.15, -0.1) is 0 Å². The van der Waals surface area contributed by atoms with Gasteiger partial charge in [0.2, 0.25) is 0 Å². The summed E-state index contributed by atoms with van der Waals surface area (Å²) >= 11 is -1.11. The summed E-state index contributed by atoms with van der Waals surface area (Å²) in [6.45, 7) is 0. The van der Waals surface area contributed by atoms with Gasteiger partial charge in [-0.05, 0) is 12.1 Å². The normalized spacial score (nSPS) is 17.7. The largest absolute Gasteiger partial charge is 0.610 e. The van der Waals surface area contributed by atoms with Gasteiger partial charge in [-0.3, -0.25) is 9.59 Å². The van der Waals surface area contributed by atoms with Gasteiger partial charge < -0.3 is 14.6 Å². The molecule has 0 aromatic heterocycles. The van der Waals surface area contributed by atoms with Crippen molar-refractivity contribution in [2.45, 2.75) is 17.7 Å². The second-order valence-corrected chi connectivity index (χ2v) is 5.56. The van der Waals surface area contributed by atoms with Gasteiger partial charge in [-0.25, -0.2) is 0 Å². The van der Waals surface area contributed by atoms with Gasteiger partial charge >= 0.3 is 5.97 Å². The number of aliphatic carboxylic acids is 1. The zero-order valence-corrected chi connectivity index (χ0v) is 10.7. The number of nitrogens with zero attached hydrogens (tertiary/aromatic N) is 1. The van der Waals surface area contributed by atoms with Gasteiger partial charge in [-0.1, -0.05) is 0 Å². The summed E-state index contributed by atoms with van der Waals surface area (Å²) in [6, 6.07) is 5.02. The summed E-state index contributed by atoms with van der Waals surface area (Å²) in [4.78, 5) is 24.7. The van der Waals surface area contributed by atoms with Crippen molar-refractivity contribution in [3.8, 4) is 0 Å². The van der Waals surface area contributed by atoms with Crippen LogP contribution in [0.25, 0.3) is 0 Å². The number of benzene rings is 1. The first-order valence-corrected chi connectivity index (χ1v) is 6.79. The Morgan fingerprint density at radius 3 is 2.83 bits per heavy atom. The smallest absolute Gasteiger partial charge is 0.303 e. The Bertz CT molecular complexity index is 503. The Hall–Kier alpha value is -1.53. The molecule has 1 aromatic carbocycles. The summed E-state index contributed by atoms with van der Waals surface area (Å²) in [6.07, 6.45) is -0.213. The maximum Gasteiger partial charge on any atom is 0.303 e. The average Bonchev–Trinajstić information content (AvgIpc) is 2.61. The van der Waals surface area contributed by atoms with Crippen LogP contribution in [0.3, 0.4) is 0 Å². The molecule has 1 N–H and O–H groups in total. The highest BCUT2D eigenvalue weighted by atomic mass is 32.2. The number of fused-ring (bicyclic) bond motifs is 1. The maximum absolute atomic E-state index is 11.8. The van der Waals surface area contributed by atoms with Crippen molar-refractivity contribution >= 4 is 28.6 Å². The number of ketones is 1. The van der Waals surface area contributed by atoms with Gasteiger partial charge in [0.05, 0.1) is 12.1 Å². The number of rotatable bonds is 4. The minimum atomic E-state index is -1.11. The lowest BCUT2D eigenvalue weighted by Crippen LogP contribution is -2.16. The number of carboxylic acid groups (broad SMARTS) is 1. The minimum absolute atomic E-state index is 0.0312. The minimum Gasteiger partial charge on any atom is -0.610 e. The molecule has 1 atom stereocenters. The van der Waals surface area contributed by atoms with Gasteiger partial charge in [0.25, 0.3) is 0 Å². The van der Waals surface area contributed by atoms with Gasteiger partial charge in [0.1, 0.15) is 0 Å². The predicted molar refractivity (Wildman–Crippen MR) is 67.3 cm³/mol. The van der Waals surface area contributed by atoms with Crippen LogP contribution < -0.4 is 4.90 Å². The molecule has 0 aliphatic carbocycles. The molecule has 0 fully saturated rings. The van der Waals surface area contributed by atoms with E-state index in [0.29, 0.717) is 16.3 Å². The SMILES string of the molecule is CN1C[S+]([O-])c2cc(C(=O)CCC(=O)O)ccc21. The summed E-state index contributed by atoms with van der Waals surface area (Å²) in [5, 5.41) is 8.53. The van der Waals surface area contributed by atoms with E-state index in [9.17, 15) is 14.1 Å². The van der Waals surface area contributed by atoms with Gasteiger partial charge in [-0.2, -0.15) is 0 Å². The molecule has 2 rings (SSSR count). The van der Waals surface area contributed by atoms with Crippen molar-refractivity contribution < 1.29 is 19.2 Å². The van der Waals surface area contributed by atoms with E-state index in [1.807, 2.05) is 11.9 Å². The Morgan fingerprint density at radius 1 is 1.44 bits per heavy atom. The molecule has 0 radical (unpaired) electrons. The van der Waals surface area contributed by atoms with Crippen molar-refractivity contribution in [2.24, 2.45) is 0 Å². The molecule has 96 valence electrons. The highest BCUT2D eigenvalue weighted by molar-refractivity contribution is 7.92. The lowest BCUT2D eigenvalue weighted by Gasteiger charge is -2.06. The molecule has 1 aliphatic heterocycles. The molecule has 1 heterocycles. The van der Waals surface area contributed by atoms with Crippen molar-refractivity contribution in [1.29, 1.82) is 0 Å². The van der Waals surface area contributed by atoms with Crippen LogP contribution in [0.1, 0.15) is 23.2 Å². The number of hydrogen-bond acceptors (Lipinski definition) is 4. The van der Waals surface area contributed by atoms with Gasteiger partial charge in [0, 0.05) is 36.3 Å². The zero-order chi connectivity index (χ0) is 13.3. The van der Waals surface area contributed by atoms with Crippen LogP contribution in [0.2, 0.25) is 0 Å². The van der Waals surface area contributed by atoms with Crippen LogP contribution >= 0.6 is 0 Å². The van der Waals surface area contributed by atoms with Crippen LogP contribution in [0.5, 0.6) is 0 Å². The van der Waals surface area contributed by atoms with E-state index in [4.69, 9.17) is 5.11 Å². The number of carbonyl (C=O) groups is 2. The third-order valence-electron chi connectivity index (χ3n) is 2.82. The number of hydrogen-bond donors (Lipinski definition) is 1. The molecule has 0 saturated heterocycles.